The maximum Gasteiger partial charge on any atom is 0.325 e. The van der Waals surface area contributed by atoms with Crippen molar-refractivity contribution < 1.29 is 4.79 Å². The number of nitrogens with one attached hydrogen (secondary N) is 2. The van der Waals surface area contributed by atoms with Gasteiger partial charge in [0.1, 0.15) is 0 Å². The summed E-state index contributed by atoms with van der Waals surface area (Å²) in [5.41, 5.74) is 3.05. The second-order valence-electron chi connectivity index (χ2n) is 5.74. The first-order valence-electron chi connectivity index (χ1n) is 7.82. The zero-order chi connectivity index (χ0) is 17.8. The maximum atomic E-state index is 12.5. The molecule has 6 heteroatoms. The number of aromatic nitrogens is 2. The number of hydrogen-bond donors (Lipinski definition) is 2. The minimum atomic E-state index is -0.514. The van der Waals surface area contributed by atoms with E-state index in [1.807, 2.05) is 50.2 Å². The van der Waals surface area contributed by atoms with Gasteiger partial charge in [-0.15, -0.1) is 0 Å². The highest BCUT2D eigenvalue weighted by Crippen LogP contribution is 2.14. The molecule has 2 aromatic carbocycles. The number of hydrogen-bond acceptors (Lipinski definition) is 3. The highest BCUT2D eigenvalue weighted by Gasteiger charge is 2.10. The average Bonchev–Trinajstić information content (AvgIpc) is 2.56. The summed E-state index contributed by atoms with van der Waals surface area (Å²) in [6.45, 7) is 3.90. The van der Waals surface area contributed by atoms with Crippen LogP contribution < -0.4 is 16.2 Å². The Morgan fingerprint density at radius 3 is 2.36 bits per heavy atom. The van der Waals surface area contributed by atoms with Crippen LogP contribution in [0.25, 0.3) is 5.69 Å². The molecule has 0 atom stereocenters. The van der Waals surface area contributed by atoms with Crippen LogP contribution >= 0.6 is 0 Å². The maximum absolute atomic E-state index is 12.5. The number of anilines is 2. The molecule has 0 aliphatic rings. The Morgan fingerprint density at radius 1 is 1.00 bits per heavy atom. The molecule has 6 nitrogen and oxygen atoms in total. The standard InChI is InChI=1S/C19H18N4O2/c1-13-10-14(2)12-15(11-13)21-19(25)22-17-18(24)23(9-8-20-17)16-6-4-3-5-7-16/h3-12H,1-2H3,(H2,20,21,22,25). The molecule has 0 fully saturated rings. The van der Waals surface area contributed by atoms with Crippen LogP contribution in [0, 0.1) is 13.8 Å². The molecule has 2 N–H and O–H groups in total. The fraction of sp³-hybridized carbons (Fsp3) is 0.105. The highest BCUT2D eigenvalue weighted by atomic mass is 16.2. The fourth-order valence-corrected chi connectivity index (χ4v) is 2.61. The van der Waals surface area contributed by atoms with Crippen LogP contribution in [0.1, 0.15) is 11.1 Å². The van der Waals surface area contributed by atoms with E-state index in [1.54, 1.807) is 18.3 Å². The molecule has 0 saturated heterocycles. The monoisotopic (exact) mass is 334 g/mol. The number of urea groups is 1. The van der Waals surface area contributed by atoms with Gasteiger partial charge in [-0.1, -0.05) is 24.3 Å². The number of amides is 2. The molecule has 25 heavy (non-hydrogen) atoms. The zero-order valence-corrected chi connectivity index (χ0v) is 14.0. The third kappa shape index (κ3) is 3.92. The molecule has 0 bridgehead atoms. The molecule has 3 rings (SSSR count). The van der Waals surface area contributed by atoms with E-state index >= 15 is 0 Å². The van der Waals surface area contributed by atoms with Crippen molar-refractivity contribution in [3.05, 3.63) is 82.4 Å². The summed E-state index contributed by atoms with van der Waals surface area (Å²) in [4.78, 5) is 28.7. The Hall–Kier alpha value is -3.41. The van der Waals surface area contributed by atoms with E-state index in [9.17, 15) is 9.59 Å². The van der Waals surface area contributed by atoms with Gasteiger partial charge >= 0.3 is 6.03 Å². The Balaban J connectivity index is 1.81. The van der Waals surface area contributed by atoms with Crippen molar-refractivity contribution in [2.75, 3.05) is 10.6 Å². The fourth-order valence-electron chi connectivity index (χ4n) is 2.61. The summed E-state index contributed by atoms with van der Waals surface area (Å²) in [5, 5.41) is 5.23. The van der Waals surface area contributed by atoms with Gasteiger partial charge in [0.15, 0.2) is 0 Å². The molecule has 0 aliphatic carbocycles. The molecule has 2 amide bonds. The zero-order valence-electron chi connectivity index (χ0n) is 14.0. The quantitative estimate of drug-likeness (QED) is 0.770. The molecular formula is C19H18N4O2. The molecule has 0 aliphatic heterocycles. The van der Waals surface area contributed by atoms with Crippen molar-refractivity contribution >= 4 is 17.5 Å². The third-order valence-corrected chi connectivity index (χ3v) is 3.59. The van der Waals surface area contributed by atoms with Gasteiger partial charge in [-0.3, -0.25) is 14.7 Å². The minimum Gasteiger partial charge on any atom is -0.308 e. The lowest BCUT2D eigenvalue weighted by Gasteiger charge is -2.10. The molecule has 0 saturated carbocycles. The van der Waals surface area contributed by atoms with Crippen LogP contribution in [-0.2, 0) is 0 Å². The van der Waals surface area contributed by atoms with Gasteiger partial charge in [-0.05, 0) is 49.2 Å². The van der Waals surface area contributed by atoms with Crippen LogP contribution in [0.15, 0.2) is 65.7 Å². The lowest BCUT2D eigenvalue weighted by molar-refractivity contribution is 0.262. The Labute approximate surface area is 145 Å². The molecule has 0 spiro atoms. The summed E-state index contributed by atoms with van der Waals surface area (Å²) in [6, 6.07) is 14.4. The second-order valence-corrected chi connectivity index (χ2v) is 5.74. The third-order valence-electron chi connectivity index (χ3n) is 3.59. The summed E-state index contributed by atoms with van der Waals surface area (Å²) in [6.07, 6.45) is 3.03. The first-order valence-corrected chi connectivity index (χ1v) is 7.82. The predicted molar refractivity (Wildman–Crippen MR) is 98.4 cm³/mol. The van der Waals surface area contributed by atoms with E-state index in [2.05, 4.69) is 15.6 Å². The van der Waals surface area contributed by atoms with Crippen molar-refractivity contribution in [1.29, 1.82) is 0 Å². The molecular weight excluding hydrogens is 316 g/mol. The van der Waals surface area contributed by atoms with E-state index in [0.29, 0.717) is 11.4 Å². The second kappa shape index (κ2) is 7.00. The van der Waals surface area contributed by atoms with E-state index in [4.69, 9.17) is 0 Å². The van der Waals surface area contributed by atoms with E-state index in [1.165, 1.54) is 10.8 Å². The highest BCUT2D eigenvalue weighted by molar-refractivity contribution is 5.99. The van der Waals surface area contributed by atoms with Gasteiger partial charge in [0.2, 0.25) is 5.82 Å². The molecule has 3 aromatic rings. The number of aryl methyl sites for hydroxylation is 2. The van der Waals surface area contributed by atoms with Crippen LogP contribution in [-0.4, -0.2) is 15.6 Å². The van der Waals surface area contributed by atoms with Crippen LogP contribution in [0.2, 0.25) is 0 Å². The minimum absolute atomic E-state index is 0.0340. The molecule has 0 unspecified atom stereocenters. The molecule has 126 valence electrons. The van der Waals surface area contributed by atoms with E-state index in [0.717, 1.165) is 11.1 Å². The van der Waals surface area contributed by atoms with E-state index in [-0.39, 0.29) is 5.82 Å². The topological polar surface area (TPSA) is 76.0 Å². The number of rotatable bonds is 3. The molecule has 1 aromatic heterocycles. The summed E-state index contributed by atoms with van der Waals surface area (Å²) in [7, 11) is 0. The summed E-state index contributed by atoms with van der Waals surface area (Å²) >= 11 is 0. The summed E-state index contributed by atoms with van der Waals surface area (Å²) < 4.78 is 1.43. The van der Waals surface area contributed by atoms with Gasteiger partial charge in [0.25, 0.3) is 5.56 Å². The van der Waals surface area contributed by atoms with Crippen LogP contribution in [0.5, 0.6) is 0 Å². The number of benzene rings is 2. The van der Waals surface area contributed by atoms with Crippen LogP contribution in [0.3, 0.4) is 0 Å². The van der Waals surface area contributed by atoms with Crippen molar-refractivity contribution in [3.63, 3.8) is 0 Å². The van der Waals surface area contributed by atoms with Crippen molar-refractivity contribution in [2.24, 2.45) is 0 Å². The van der Waals surface area contributed by atoms with Crippen molar-refractivity contribution in [3.8, 4) is 5.69 Å². The SMILES string of the molecule is Cc1cc(C)cc(NC(=O)Nc2nccn(-c3ccccc3)c2=O)c1. The van der Waals surface area contributed by atoms with Crippen molar-refractivity contribution in [1.82, 2.24) is 9.55 Å². The normalized spacial score (nSPS) is 10.3. The lowest BCUT2D eigenvalue weighted by atomic mass is 10.1. The number of nitrogens with zero attached hydrogens (tertiary/aromatic N) is 2. The smallest absolute Gasteiger partial charge is 0.308 e. The first kappa shape index (κ1) is 16.4. The Bertz CT molecular complexity index is 944. The largest absolute Gasteiger partial charge is 0.325 e. The van der Waals surface area contributed by atoms with Crippen molar-refractivity contribution in [2.45, 2.75) is 13.8 Å². The molecule has 0 radical (unpaired) electrons. The van der Waals surface area contributed by atoms with Crippen LogP contribution in [0.4, 0.5) is 16.3 Å². The van der Waals surface area contributed by atoms with Gasteiger partial charge in [0, 0.05) is 23.8 Å². The van der Waals surface area contributed by atoms with Gasteiger partial charge in [0.05, 0.1) is 0 Å². The van der Waals surface area contributed by atoms with E-state index < -0.39 is 11.6 Å². The predicted octanol–water partition coefficient (Wildman–Crippen LogP) is 3.49. The molecule has 1 heterocycles. The van der Waals surface area contributed by atoms with Gasteiger partial charge in [-0.2, -0.15) is 0 Å². The first-order chi connectivity index (χ1) is 12.0. The van der Waals surface area contributed by atoms with Gasteiger partial charge in [-0.25, -0.2) is 9.78 Å². The Kier molecular flexibility index (Phi) is 4.61. The number of carbonyl (C=O) groups is 1. The lowest BCUT2D eigenvalue weighted by Crippen LogP contribution is -2.28. The number of para-hydroxylation sites is 1. The Morgan fingerprint density at radius 2 is 1.68 bits per heavy atom. The number of carbonyl (C=O) groups excluding carboxylic acids is 1. The summed E-state index contributed by atoms with van der Waals surface area (Å²) in [5.74, 6) is -0.0340. The van der Waals surface area contributed by atoms with Gasteiger partial charge < -0.3 is 5.32 Å². The average molecular weight is 334 g/mol.